The van der Waals surface area contributed by atoms with Crippen molar-refractivity contribution in [3.63, 3.8) is 0 Å². The molecule has 1 N–H and O–H groups in total. The molecule has 1 aromatic carbocycles. The fourth-order valence-electron chi connectivity index (χ4n) is 2.46. The van der Waals surface area contributed by atoms with Crippen LogP contribution in [0.1, 0.15) is 5.56 Å². The first-order valence-corrected chi connectivity index (χ1v) is 7.61. The van der Waals surface area contributed by atoms with Gasteiger partial charge in [0.1, 0.15) is 12.4 Å². The number of nitrogens with zero attached hydrogens (tertiary/aromatic N) is 1. The molecular weight excluding hydrogens is 312 g/mol. The van der Waals surface area contributed by atoms with Crippen LogP contribution in [0.3, 0.4) is 0 Å². The maximum absolute atomic E-state index is 12.2. The number of ether oxygens (including phenoxy) is 3. The van der Waals surface area contributed by atoms with E-state index in [1.54, 1.807) is 4.90 Å². The topological polar surface area (TPSA) is 77.1 Å². The number of rotatable bonds is 6. The van der Waals surface area contributed by atoms with E-state index in [1.807, 2.05) is 31.3 Å². The van der Waals surface area contributed by atoms with Crippen molar-refractivity contribution in [3.8, 4) is 0 Å². The van der Waals surface area contributed by atoms with Gasteiger partial charge in [-0.05, 0) is 37.7 Å². The average molecular weight is 334 g/mol. The van der Waals surface area contributed by atoms with Gasteiger partial charge >= 0.3 is 11.9 Å². The van der Waals surface area contributed by atoms with E-state index in [0.717, 1.165) is 18.7 Å². The highest BCUT2D eigenvalue weighted by Gasteiger charge is 2.32. The van der Waals surface area contributed by atoms with Gasteiger partial charge in [-0.15, -0.1) is 0 Å². The lowest BCUT2D eigenvalue weighted by molar-refractivity contribution is -0.140. The number of benzene rings is 1. The van der Waals surface area contributed by atoms with Crippen molar-refractivity contribution in [3.05, 3.63) is 41.1 Å². The summed E-state index contributed by atoms with van der Waals surface area (Å²) < 4.78 is 15.0. The molecule has 0 aromatic heterocycles. The van der Waals surface area contributed by atoms with Crippen molar-refractivity contribution < 1.29 is 23.8 Å². The second kappa shape index (κ2) is 8.47. The lowest BCUT2D eigenvalue weighted by Crippen LogP contribution is -2.38. The van der Waals surface area contributed by atoms with Crippen molar-refractivity contribution in [2.45, 2.75) is 6.42 Å². The number of nitrogens with one attached hydrogen (secondary N) is 1. The lowest BCUT2D eigenvalue weighted by atomic mass is 10.1. The monoisotopic (exact) mass is 334 g/mol. The molecule has 0 saturated carbocycles. The van der Waals surface area contributed by atoms with Crippen LogP contribution in [-0.2, 0) is 30.2 Å². The summed E-state index contributed by atoms with van der Waals surface area (Å²) in [5, 5.41) is 3.10. The van der Waals surface area contributed by atoms with Crippen LogP contribution in [0.15, 0.2) is 35.5 Å². The van der Waals surface area contributed by atoms with Crippen molar-refractivity contribution in [2.75, 3.05) is 46.0 Å². The SMILES string of the molecule is CNCCc1ccc(N2COCC(C(=O)OC)=C2C(=O)OC)cc1. The number of carbonyl (C=O) groups excluding carboxylic acids is 2. The Hall–Kier alpha value is -2.38. The van der Waals surface area contributed by atoms with Gasteiger partial charge in [-0.25, -0.2) is 9.59 Å². The van der Waals surface area contributed by atoms with Gasteiger partial charge in [0.05, 0.1) is 26.4 Å². The quantitative estimate of drug-likeness (QED) is 0.773. The van der Waals surface area contributed by atoms with Gasteiger partial charge in [0.2, 0.25) is 0 Å². The molecule has 7 heteroatoms. The third kappa shape index (κ3) is 3.93. The van der Waals surface area contributed by atoms with Gasteiger partial charge in [0, 0.05) is 5.69 Å². The Kier molecular flexibility index (Phi) is 6.34. The summed E-state index contributed by atoms with van der Waals surface area (Å²) in [5.41, 5.74) is 2.21. The van der Waals surface area contributed by atoms with Crippen LogP contribution in [-0.4, -0.2) is 53.1 Å². The first kappa shape index (κ1) is 18.0. The Morgan fingerprint density at radius 1 is 1.17 bits per heavy atom. The van der Waals surface area contributed by atoms with Crippen molar-refractivity contribution in [1.29, 1.82) is 0 Å². The van der Waals surface area contributed by atoms with Crippen LogP contribution < -0.4 is 10.2 Å². The minimum atomic E-state index is -0.606. The molecule has 0 unspecified atom stereocenters. The molecule has 0 spiro atoms. The van der Waals surface area contributed by atoms with E-state index in [1.165, 1.54) is 19.8 Å². The molecule has 0 fully saturated rings. The summed E-state index contributed by atoms with van der Waals surface area (Å²) in [4.78, 5) is 25.8. The zero-order valence-corrected chi connectivity index (χ0v) is 14.1. The van der Waals surface area contributed by atoms with Gasteiger partial charge in [0.25, 0.3) is 0 Å². The Labute approximate surface area is 141 Å². The maximum atomic E-state index is 12.2. The Bertz CT molecular complexity index is 624. The summed E-state index contributed by atoms with van der Waals surface area (Å²) in [7, 11) is 4.44. The first-order chi connectivity index (χ1) is 11.6. The molecule has 1 aliphatic heterocycles. The molecule has 0 radical (unpaired) electrons. The van der Waals surface area contributed by atoms with E-state index in [2.05, 4.69) is 5.32 Å². The highest BCUT2D eigenvalue weighted by molar-refractivity contribution is 6.03. The highest BCUT2D eigenvalue weighted by atomic mass is 16.5. The van der Waals surface area contributed by atoms with E-state index in [9.17, 15) is 9.59 Å². The molecule has 0 bridgehead atoms. The third-order valence-corrected chi connectivity index (χ3v) is 3.74. The van der Waals surface area contributed by atoms with Crippen LogP contribution in [0.5, 0.6) is 0 Å². The molecule has 0 aliphatic carbocycles. The number of hydrogen-bond acceptors (Lipinski definition) is 7. The molecule has 7 nitrogen and oxygen atoms in total. The van der Waals surface area contributed by atoms with Crippen LogP contribution in [0.2, 0.25) is 0 Å². The lowest BCUT2D eigenvalue weighted by Gasteiger charge is -2.31. The van der Waals surface area contributed by atoms with E-state index < -0.39 is 11.9 Å². The van der Waals surface area contributed by atoms with Crippen LogP contribution >= 0.6 is 0 Å². The predicted molar refractivity (Wildman–Crippen MR) is 88.4 cm³/mol. The van der Waals surface area contributed by atoms with E-state index in [4.69, 9.17) is 14.2 Å². The average Bonchev–Trinajstić information content (AvgIpc) is 2.64. The minimum Gasteiger partial charge on any atom is -0.466 e. The van der Waals surface area contributed by atoms with Crippen molar-refractivity contribution >= 4 is 17.6 Å². The molecule has 1 heterocycles. The second-order valence-electron chi connectivity index (χ2n) is 5.24. The molecular formula is C17H22N2O5. The van der Waals surface area contributed by atoms with Crippen molar-refractivity contribution in [1.82, 2.24) is 5.32 Å². The molecule has 2 rings (SSSR count). The number of hydrogen-bond donors (Lipinski definition) is 1. The zero-order valence-electron chi connectivity index (χ0n) is 14.1. The third-order valence-electron chi connectivity index (χ3n) is 3.74. The minimum absolute atomic E-state index is 0.00780. The molecule has 0 amide bonds. The largest absolute Gasteiger partial charge is 0.466 e. The van der Waals surface area contributed by atoms with Crippen LogP contribution in [0, 0.1) is 0 Å². The number of methoxy groups -OCH3 is 2. The molecule has 0 atom stereocenters. The fourth-order valence-corrected chi connectivity index (χ4v) is 2.46. The molecule has 0 saturated heterocycles. The molecule has 24 heavy (non-hydrogen) atoms. The summed E-state index contributed by atoms with van der Waals surface area (Å²) >= 11 is 0. The molecule has 130 valence electrons. The second-order valence-corrected chi connectivity index (χ2v) is 5.24. The summed E-state index contributed by atoms with van der Waals surface area (Å²) in [6, 6.07) is 7.73. The predicted octanol–water partition coefficient (Wildman–Crippen LogP) is 0.843. The van der Waals surface area contributed by atoms with E-state index in [0.29, 0.717) is 0 Å². The van der Waals surface area contributed by atoms with Gasteiger partial charge in [0.15, 0.2) is 0 Å². The van der Waals surface area contributed by atoms with Crippen LogP contribution in [0.25, 0.3) is 0 Å². The summed E-state index contributed by atoms with van der Waals surface area (Å²) in [6.07, 6.45) is 0.903. The van der Waals surface area contributed by atoms with Crippen LogP contribution in [0.4, 0.5) is 5.69 Å². The molecule has 1 aromatic rings. The van der Waals surface area contributed by atoms with Gasteiger partial charge in [-0.3, -0.25) is 0 Å². The van der Waals surface area contributed by atoms with E-state index in [-0.39, 0.29) is 24.6 Å². The van der Waals surface area contributed by atoms with Crippen molar-refractivity contribution in [2.24, 2.45) is 0 Å². The van der Waals surface area contributed by atoms with Gasteiger partial charge < -0.3 is 24.4 Å². The smallest absolute Gasteiger partial charge is 0.355 e. The number of carbonyl (C=O) groups is 2. The van der Waals surface area contributed by atoms with Gasteiger partial charge in [-0.2, -0.15) is 0 Å². The maximum Gasteiger partial charge on any atom is 0.355 e. The standard InChI is InChI=1S/C17H22N2O5/c1-18-9-8-12-4-6-13(7-5-12)19-11-24-10-14(16(20)22-2)15(19)17(21)23-3/h4-7,18H,8-11H2,1-3H3. The summed E-state index contributed by atoms with van der Waals surface area (Å²) in [6.45, 7) is 1.04. The number of likely N-dealkylation sites (N-methyl/N-ethyl adjacent to an activating group) is 1. The highest BCUT2D eigenvalue weighted by Crippen LogP contribution is 2.26. The summed E-state index contributed by atoms with van der Waals surface area (Å²) in [5.74, 6) is -1.20. The Morgan fingerprint density at radius 2 is 1.83 bits per heavy atom. The normalized spacial score (nSPS) is 14.5. The fraction of sp³-hybridized carbons (Fsp3) is 0.412. The first-order valence-electron chi connectivity index (χ1n) is 7.61. The number of esters is 2. The Morgan fingerprint density at radius 3 is 2.42 bits per heavy atom. The van der Waals surface area contributed by atoms with E-state index >= 15 is 0 Å². The number of anilines is 1. The molecule has 1 aliphatic rings. The Balaban J connectivity index is 2.35. The van der Waals surface area contributed by atoms with Gasteiger partial charge in [-0.1, -0.05) is 12.1 Å². The zero-order chi connectivity index (χ0) is 17.5.